The fraction of sp³-hybridized carbons (Fsp3) is 0.250. The topological polar surface area (TPSA) is 35.2 Å². The first-order valence-electron chi connectivity index (χ1n) is 6.11. The van der Waals surface area contributed by atoms with Crippen LogP contribution in [0.3, 0.4) is 0 Å². The van der Waals surface area contributed by atoms with Gasteiger partial charge >= 0.3 is 0 Å². The fourth-order valence-electron chi connectivity index (χ4n) is 2.08. The Morgan fingerprint density at radius 1 is 0.889 bits per heavy atom. The summed E-state index contributed by atoms with van der Waals surface area (Å²) < 4.78 is 5.79. The Labute approximate surface area is 108 Å². The van der Waals surface area contributed by atoms with Crippen molar-refractivity contribution in [3.63, 3.8) is 0 Å². The van der Waals surface area contributed by atoms with E-state index < -0.39 is 0 Å². The van der Waals surface area contributed by atoms with E-state index in [4.69, 9.17) is 10.5 Å². The van der Waals surface area contributed by atoms with Gasteiger partial charge in [0.15, 0.2) is 0 Å². The van der Waals surface area contributed by atoms with Crippen molar-refractivity contribution in [2.24, 2.45) is 0 Å². The molecule has 0 radical (unpaired) electrons. The van der Waals surface area contributed by atoms with Crippen molar-refractivity contribution < 1.29 is 4.74 Å². The first-order valence-corrected chi connectivity index (χ1v) is 6.11. The van der Waals surface area contributed by atoms with Gasteiger partial charge in [-0.1, -0.05) is 35.4 Å². The summed E-state index contributed by atoms with van der Waals surface area (Å²) in [6, 6.07) is 12.3. The molecular formula is C16H19NO. The second-order valence-electron chi connectivity index (χ2n) is 4.83. The average molecular weight is 241 g/mol. The molecule has 2 heteroatoms. The molecule has 2 nitrogen and oxygen atoms in total. The number of anilines is 1. The van der Waals surface area contributed by atoms with Crippen LogP contribution in [0.1, 0.15) is 22.3 Å². The van der Waals surface area contributed by atoms with Gasteiger partial charge in [0.25, 0.3) is 0 Å². The summed E-state index contributed by atoms with van der Waals surface area (Å²) in [6.45, 7) is 6.77. The molecule has 94 valence electrons. The van der Waals surface area contributed by atoms with Crippen LogP contribution < -0.4 is 10.5 Å². The van der Waals surface area contributed by atoms with Gasteiger partial charge in [0.2, 0.25) is 0 Å². The highest BCUT2D eigenvalue weighted by atomic mass is 16.5. The van der Waals surface area contributed by atoms with Gasteiger partial charge in [-0.05, 0) is 44.0 Å². The smallest absolute Gasteiger partial charge is 0.142 e. The molecule has 0 aliphatic rings. The van der Waals surface area contributed by atoms with Crippen molar-refractivity contribution in [3.05, 3.63) is 58.7 Å². The highest BCUT2D eigenvalue weighted by Crippen LogP contribution is 2.23. The maximum Gasteiger partial charge on any atom is 0.142 e. The van der Waals surface area contributed by atoms with Crippen LogP contribution in [-0.4, -0.2) is 0 Å². The van der Waals surface area contributed by atoms with Crippen LogP contribution in [0.25, 0.3) is 0 Å². The summed E-state index contributed by atoms with van der Waals surface area (Å²) in [5, 5.41) is 0. The molecule has 0 unspecified atom stereocenters. The lowest BCUT2D eigenvalue weighted by Gasteiger charge is -2.10. The number of benzene rings is 2. The summed E-state index contributed by atoms with van der Waals surface area (Å²) in [4.78, 5) is 0. The molecule has 0 spiro atoms. The Morgan fingerprint density at radius 2 is 1.56 bits per heavy atom. The third-order valence-electron chi connectivity index (χ3n) is 2.84. The molecule has 2 aromatic carbocycles. The molecule has 2 N–H and O–H groups in total. The van der Waals surface area contributed by atoms with E-state index in [9.17, 15) is 0 Å². The van der Waals surface area contributed by atoms with Gasteiger partial charge in [-0.2, -0.15) is 0 Å². The average Bonchev–Trinajstić information content (AvgIpc) is 2.29. The molecule has 0 saturated carbocycles. The third kappa shape index (κ3) is 3.04. The maximum absolute atomic E-state index is 5.89. The monoisotopic (exact) mass is 241 g/mol. The van der Waals surface area contributed by atoms with Crippen molar-refractivity contribution >= 4 is 5.69 Å². The van der Waals surface area contributed by atoms with Gasteiger partial charge in [0, 0.05) is 0 Å². The van der Waals surface area contributed by atoms with Crippen molar-refractivity contribution in [1.29, 1.82) is 0 Å². The Bertz CT molecular complexity index is 541. The van der Waals surface area contributed by atoms with E-state index >= 15 is 0 Å². The van der Waals surface area contributed by atoms with Gasteiger partial charge in [0.05, 0.1) is 5.69 Å². The highest BCUT2D eigenvalue weighted by molar-refractivity contribution is 5.53. The predicted octanol–water partition coefficient (Wildman–Crippen LogP) is 3.77. The molecule has 18 heavy (non-hydrogen) atoms. The number of nitrogens with two attached hydrogens (primary N) is 1. The maximum atomic E-state index is 5.89. The molecule has 2 rings (SSSR count). The van der Waals surface area contributed by atoms with Crippen LogP contribution >= 0.6 is 0 Å². The molecule has 0 saturated heterocycles. The number of hydrogen-bond donors (Lipinski definition) is 1. The molecule has 0 aliphatic heterocycles. The minimum absolute atomic E-state index is 0.552. The van der Waals surface area contributed by atoms with Gasteiger partial charge in [-0.3, -0.25) is 0 Å². The quantitative estimate of drug-likeness (QED) is 0.830. The van der Waals surface area contributed by atoms with Crippen LogP contribution in [0.4, 0.5) is 5.69 Å². The van der Waals surface area contributed by atoms with Crippen LogP contribution in [0, 0.1) is 20.8 Å². The van der Waals surface area contributed by atoms with Crippen LogP contribution in [0.2, 0.25) is 0 Å². The van der Waals surface area contributed by atoms with Crippen molar-refractivity contribution in [2.75, 3.05) is 5.73 Å². The van der Waals surface area contributed by atoms with E-state index in [0.29, 0.717) is 12.3 Å². The molecule has 0 heterocycles. The first kappa shape index (κ1) is 12.5. The van der Waals surface area contributed by atoms with Gasteiger partial charge in [-0.25, -0.2) is 0 Å². The molecule has 0 amide bonds. The van der Waals surface area contributed by atoms with Gasteiger partial charge in [-0.15, -0.1) is 0 Å². The van der Waals surface area contributed by atoms with E-state index in [1.54, 1.807) is 0 Å². The van der Waals surface area contributed by atoms with E-state index in [0.717, 1.165) is 11.3 Å². The van der Waals surface area contributed by atoms with Crippen LogP contribution in [-0.2, 0) is 6.61 Å². The largest absolute Gasteiger partial charge is 0.487 e. The van der Waals surface area contributed by atoms with Crippen LogP contribution in [0.15, 0.2) is 36.4 Å². The number of aryl methyl sites for hydroxylation is 3. The minimum atomic E-state index is 0.552. The molecular weight excluding hydrogens is 222 g/mol. The summed E-state index contributed by atoms with van der Waals surface area (Å²) in [7, 11) is 0. The van der Waals surface area contributed by atoms with Gasteiger partial charge < -0.3 is 10.5 Å². The lowest BCUT2D eigenvalue weighted by molar-refractivity contribution is 0.307. The standard InChI is InChI=1S/C16H19NO/c1-11-4-5-15(17)16(9-11)18-10-14-7-12(2)6-13(3)8-14/h4-9H,10,17H2,1-3H3. The third-order valence-corrected chi connectivity index (χ3v) is 2.84. The van der Waals surface area contributed by atoms with Gasteiger partial charge in [0.1, 0.15) is 12.4 Å². The number of nitrogen functional groups attached to an aromatic ring is 1. The minimum Gasteiger partial charge on any atom is -0.487 e. The second-order valence-corrected chi connectivity index (χ2v) is 4.83. The normalized spacial score (nSPS) is 10.4. The number of hydrogen-bond acceptors (Lipinski definition) is 2. The zero-order valence-corrected chi connectivity index (χ0v) is 11.2. The van der Waals surface area contributed by atoms with Crippen molar-refractivity contribution in [2.45, 2.75) is 27.4 Å². The Kier molecular flexibility index (Phi) is 3.56. The molecule has 0 atom stereocenters. The first-order chi connectivity index (χ1) is 8.54. The number of rotatable bonds is 3. The molecule has 0 aromatic heterocycles. The summed E-state index contributed by atoms with van der Waals surface area (Å²) in [5.41, 5.74) is 11.4. The zero-order chi connectivity index (χ0) is 13.1. The zero-order valence-electron chi connectivity index (χ0n) is 11.2. The van der Waals surface area contributed by atoms with E-state index in [1.165, 1.54) is 16.7 Å². The highest BCUT2D eigenvalue weighted by Gasteiger charge is 2.02. The number of ether oxygens (including phenoxy) is 1. The lowest BCUT2D eigenvalue weighted by Crippen LogP contribution is -1.99. The van der Waals surface area contributed by atoms with E-state index in [-0.39, 0.29) is 0 Å². The van der Waals surface area contributed by atoms with Crippen LogP contribution in [0.5, 0.6) is 5.75 Å². The molecule has 0 bridgehead atoms. The fourth-order valence-corrected chi connectivity index (χ4v) is 2.08. The summed E-state index contributed by atoms with van der Waals surface area (Å²) in [5.74, 6) is 0.758. The molecule has 2 aromatic rings. The van der Waals surface area contributed by atoms with Crippen molar-refractivity contribution in [3.8, 4) is 5.75 Å². The lowest BCUT2D eigenvalue weighted by atomic mass is 10.1. The summed E-state index contributed by atoms with van der Waals surface area (Å²) >= 11 is 0. The summed E-state index contributed by atoms with van der Waals surface area (Å²) in [6.07, 6.45) is 0. The SMILES string of the molecule is Cc1cc(C)cc(COc2cc(C)ccc2N)c1. The Balaban J connectivity index is 2.13. The second kappa shape index (κ2) is 5.13. The van der Waals surface area contributed by atoms with E-state index in [2.05, 4.69) is 32.0 Å². The van der Waals surface area contributed by atoms with E-state index in [1.807, 2.05) is 25.1 Å². The molecule has 0 aliphatic carbocycles. The van der Waals surface area contributed by atoms with Crippen molar-refractivity contribution in [1.82, 2.24) is 0 Å². The Morgan fingerprint density at radius 3 is 2.22 bits per heavy atom. The Hall–Kier alpha value is -1.96. The predicted molar refractivity (Wildman–Crippen MR) is 75.8 cm³/mol. The molecule has 0 fully saturated rings.